The molecule has 1 N–H and O–H groups in total. The molecule has 3 aromatic rings. The molecule has 1 unspecified atom stereocenters. The summed E-state index contributed by atoms with van der Waals surface area (Å²) in [6.07, 6.45) is 0.266. The molecule has 0 saturated heterocycles. The second-order valence-corrected chi connectivity index (χ2v) is 7.34. The molecular weight excluding hydrogens is 338 g/mol. The number of nitrogens with zero attached hydrogens (tertiary/aromatic N) is 2. The van der Waals surface area contributed by atoms with Crippen molar-refractivity contribution in [2.75, 3.05) is 0 Å². The minimum absolute atomic E-state index is 0.0599. The van der Waals surface area contributed by atoms with Crippen molar-refractivity contribution in [2.24, 2.45) is 7.05 Å². The monoisotopic (exact) mass is 365 g/mol. The van der Waals surface area contributed by atoms with Crippen molar-refractivity contribution < 1.29 is 4.79 Å². The van der Waals surface area contributed by atoms with E-state index < -0.39 is 0 Å². The van der Waals surface area contributed by atoms with E-state index in [1.807, 2.05) is 31.2 Å². The summed E-state index contributed by atoms with van der Waals surface area (Å²) in [5, 5.41) is 3.03. The second-order valence-electron chi connectivity index (χ2n) is 7.34. The lowest BCUT2D eigenvalue weighted by Gasteiger charge is -2.15. The van der Waals surface area contributed by atoms with Gasteiger partial charge in [0.1, 0.15) is 0 Å². The van der Waals surface area contributed by atoms with Gasteiger partial charge in [-0.15, -0.1) is 0 Å². The first-order valence-electron chi connectivity index (χ1n) is 9.42. The van der Waals surface area contributed by atoms with Gasteiger partial charge in [-0.2, -0.15) is 0 Å². The Labute approximate surface area is 159 Å². The van der Waals surface area contributed by atoms with E-state index >= 15 is 0 Å². The normalized spacial score (nSPS) is 12.5. The lowest BCUT2D eigenvalue weighted by Crippen LogP contribution is -2.29. The fraction of sp³-hybridized carbons (Fsp3) is 0.364. The van der Waals surface area contributed by atoms with E-state index in [9.17, 15) is 9.59 Å². The summed E-state index contributed by atoms with van der Waals surface area (Å²) in [5.74, 6) is 0.429. The van der Waals surface area contributed by atoms with E-state index in [4.69, 9.17) is 0 Å². The van der Waals surface area contributed by atoms with Gasteiger partial charge in [0.05, 0.1) is 17.1 Å². The third-order valence-corrected chi connectivity index (χ3v) is 5.09. The van der Waals surface area contributed by atoms with Crippen LogP contribution >= 0.6 is 0 Å². The molecule has 5 heteroatoms. The van der Waals surface area contributed by atoms with Crippen LogP contribution in [0.15, 0.2) is 53.3 Å². The van der Waals surface area contributed by atoms with Crippen molar-refractivity contribution in [3.05, 3.63) is 70.1 Å². The molecule has 0 aliphatic heterocycles. The molecule has 2 aromatic carbocycles. The number of aryl methyl sites for hydroxylation is 2. The van der Waals surface area contributed by atoms with Gasteiger partial charge in [-0.05, 0) is 36.1 Å². The quantitative estimate of drug-likeness (QED) is 0.724. The lowest BCUT2D eigenvalue weighted by molar-refractivity contribution is -0.121. The topological polar surface area (TPSA) is 56.0 Å². The third kappa shape index (κ3) is 3.97. The van der Waals surface area contributed by atoms with Crippen LogP contribution in [0.1, 0.15) is 50.3 Å². The van der Waals surface area contributed by atoms with E-state index in [1.165, 1.54) is 5.56 Å². The van der Waals surface area contributed by atoms with Crippen LogP contribution in [0.5, 0.6) is 0 Å². The Kier molecular flexibility index (Phi) is 5.49. The summed E-state index contributed by atoms with van der Waals surface area (Å²) in [6, 6.07) is 15.9. The van der Waals surface area contributed by atoms with Gasteiger partial charge in [-0.25, -0.2) is 4.79 Å². The molecule has 1 amide bonds. The average Bonchev–Trinajstić information content (AvgIpc) is 2.91. The zero-order valence-corrected chi connectivity index (χ0v) is 16.4. The summed E-state index contributed by atoms with van der Waals surface area (Å²) in [6.45, 7) is 6.67. The second kappa shape index (κ2) is 7.82. The molecule has 0 aliphatic carbocycles. The molecular formula is C22H27N3O2. The number of imidazole rings is 1. The molecule has 0 aliphatic rings. The molecule has 0 saturated carbocycles. The molecule has 27 heavy (non-hydrogen) atoms. The Balaban J connectivity index is 1.65. The summed E-state index contributed by atoms with van der Waals surface area (Å²) in [7, 11) is 1.75. The van der Waals surface area contributed by atoms with Crippen LogP contribution in [-0.4, -0.2) is 15.0 Å². The van der Waals surface area contributed by atoms with Crippen molar-refractivity contribution in [3.63, 3.8) is 0 Å². The minimum Gasteiger partial charge on any atom is -0.350 e. The van der Waals surface area contributed by atoms with Crippen LogP contribution in [0.3, 0.4) is 0 Å². The van der Waals surface area contributed by atoms with Crippen molar-refractivity contribution >= 4 is 16.9 Å². The lowest BCUT2D eigenvalue weighted by atomic mass is 9.99. The fourth-order valence-electron chi connectivity index (χ4n) is 3.36. The van der Waals surface area contributed by atoms with E-state index in [0.29, 0.717) is 12.5 Å². The molecule has 3 rings (SSSR count). The molecule has 0 radical (unpaired) electrons. The van der Waals surface area contributed by atoms with Crippen molar-refractivity contribution in [3.8, 4) is 0 Å². The Hall–Kier alpha value is -2.82. The highest BCUT2D eigenvalue weighted by Crippen LogP contribution is 2.19. The predicted molar refractivity (Wildman–Crippen MR) is 109 cm³/mol. The summed E-state index contributed by atoms with van der Waals surface area (Å²) in [4.78, 5) is 24.8. The van der Waals surface area contributed by atoms with E-state index in [1.54, 1.807) is 16.2 Å². The Morgan fingerprint density at radius 2 is 1.56 bits per heavy atom. The molecule has 1 atom stereocenters. The highest BCUT2D eigenvalue weighted by Gasteiger charge is 2.13. The molecule has 0 bridgehead atoms. The highest BCUT2D eigenvalue weighted by molar-refractivity contribution is 5.78. The van der Waals surface area contributed by atoms with Crippen LogP contribution < -0.4 is 11.0 Å². The van der Waals surface area contributed by atoms with Gasteiger partial charge in [0.25, 0.3) is 0 Å². The number of carbonyl (C=O) groups excluding carboxylic acids is 1. The van der Waals surface area contributed by atoms with Gasteiger partial charge in [0.15, 0.2) is 0 Å². The van der Waals surface area contributed by atoms with Gasteiger partial charge in [0.2, 0.25) is 5.91 Å². The maximum Gasteiger partial charge on any atom is 0.328 e. The van der Waals surface area contributed by atoms with Crippen molar-refractivity contribution in [1.29, 1.82) is 0 Å². The summed E-state index contributed by atoms with van der Waals surface area (Å²) >= 11 is 0. The number of benzene rings is 2. The van der Waals surface area contributed by atoms with Crippen LogP contribution in [0.4, 0.5) is 0 Å². The molecule has 142 valence electrons. The van der Waals surface area contributed by atoms with Crippen LogP contribution in [0.25, 0.3) is 11.0 Å². The van der Waals surface area contributed by atoms with Crippen molar-refractivity contribution in [2.45, 2.75) is 45.7 Å². The first-order chi connectivity index (χ1) is 12.9. The number of nitrogens with one attached hydrogen (secondary N) is 1. The fourth-order valence-corrected chi connectivity index (χ4v) is 3.36. The highest BCUT2D eigenvalue weighted by atomic mass is 16.2. The maximum atomic E-state index is 12.4. The zero-order valence-electron chi connectivity index (χ0n) is 16.4. The molecule has 0 fully saturated rings. The number of hydrogen-bond acceptors (Lipinski definition) is 2. The first-order valence-corrected chi connectivity index (χ1v) is 9.42. The zero-order chi connectivity index (χ0) is 19.6. The van der Waals surface area contributed by atoms with Gasteiger partial charge in [-0.3, -0.25) is 13.9 Å². The Bertz CT molecular complexity index is 997. The number of amides is 1. The number of rotatable bonds is 6. The van der Waals surface area contributed by atoms with E-state index in [-0.39, 0.29) is 24.1 Å². The van der Waals surface area contributed by atoms with Gasteiger partial charge < -0.3 is 5.32 Å². The summed E-state index contributed by atoms with van der Waals surface area (Å²) < 4.78 is 3.28. The van der Waals surface area contributed by atoms with Gasteiger partial charge in [0, 0.05) is 20.0 Å². The number of hydrogen-bond donors (Lipinski definition) is 1. The number of aromatic nitrogens is 2. The van der Waals surface area contributed by atoms with E-state index in [0.717, 1.165) is 16.6 Å². The standard InChI is InChI=1S/C22H27N3O2/c1-15(2)17-9-11-18(12-10-17)16(3)23-21(26)13-14-25-20-8-6-5-7-19(20)24(4)22(25)27/h5-12,15-16H,13-14H2,1-4H3,(H,23,26). The molecule has 1 aromatic heterocycles. The summed E-state index contributed by atoms with van der Waals surface area (Å²) in [5.41, 5.74) is 4.00. The number of fused-ring (bicyclic) bond motifs is 1. The minimum atomic E-state index is -0.0960. The molecule has 0 spiro atoms. The Morgan fingerprint density at radius 1 is 0.963 bits per heavy atom. The van der Waals surface area contributed by atoms with Crippen molar-refractivity contribution in [1.82, 2.24) is 14.5 Å². The van der Waals surface area contributed by atoms with Gasteiger partial charge >= 0.3 is 5.69 Å². The number of carbonyl (C=O) groups is 1. The SMILES string of the molecule is CC(C)c1ccc(C(C)NC(=O)CCn2c(=O)n(C)c3ccccc32)cc1. The smallest absolute Gasteiger partial charge is 0.328 e. The Morgan fingerprint density at radius 3 is 2.19 bits per heavy atom. The molecule has 5 nitrogen and oxygen atoms in total. The van der Waals surface area contributed by atoms with Gasteiger partial charge in [-0.1, -0.05) is 50.2 Å². The predicted octanol–water partition coefficient (Wildman–Crippen LogP) is 3.73. The van der Waals surface area contributed by atoms with Crippen LogP contribution in [-0.2, 0) is 18.4 Å². The first kappa shape index (κ1) is 19.0. The van der Waals surface area contributed by atoms with E-state index in [2.05, 4.69) is 43.4 Å². The maximum absolute atomic E-state index is 12.4. The van der Waals surface area contributed by atoms with Crippen LogP contribution in [0.2, 0.25) is 0 Å². The largest absolute Gasteiger partial charge is 0.350 e. The van der Waals surface area contributed by atoms with Crippen LogP contribution in [0, 0.1) is 0 Å². The molecule has 1 heterocycles. The number of para-hydroxylation sites is 2. The third-order valence-electron chi connectivity index (χ3n) is 5.09. The average molecular weight is 365 g/mol.